The minimum absolute atomic E-state index is 0.0136. The zero-order valence-electron chi connectivity index (χ0n) is 21.5. The van der Waals surface area contributed by atoms with Crippen LogP contribution >= 0.6 is 15.9 Å². The highest BCUT2D eigenvalue weighted by Crippen LogP contribution is 2.32. The predicted molar refractivity (Wildman–Crippen MR) is 142 cm³/mol. The fraction of sp³-hybridized carbons (Fsp3) is 0.593. The number of ether oxygens (including phenoxy) is 1. The molecule has 38 heavy (non-hydrogen) atoms. The number of nitrogens with zero attached hydrogens (tertiary/aromatic N) is 5. The number of carbonyl (C=O) groups is 3. The van der Waals surface area contributed by atoms with Gasteiger partial charge in [-0.1, -0.05) is 34.0 Å². The highest BCUT2D eigenvalue weighted by atomic mass is 79.9. The van der Waals surface area contributed by atoms with Crippen molar-refractivity contribution in [3.8, 4) is 5.69 Å². The Morgan fingerprint density at radius 3 is 2.42 bits per heavy atom. The Morgan fingerprint density at radius 2 is 1.74 bits per heavy atom. The summed E-state index contributed by atoms with van der Waals surface area (Å²) in [4.78, 5) is 43.2. The molecule has 1 aliphatic carbocycles. The van der Waals surface area contributed by atoms with E-state index < -0.39 is 0 Å². The van der Waals surface area contributed by atoms with Crippen LogP contribution < -0.4 is 5.32 Å². The maximum absolute atomic E-state index is 13.5. The second-order valence-electron chi connectivity index (χ2n) is 11.1. The van der Waals surface area contributed by atoms with Crippen molar-refractivity contribution in [3.05, 3.63) is 40.1 Å². The molecule has 0 radical (unpaired) electrons. The van der Waals surface area contributed by atoms with Crippen LogP contribution in [0.4, 0.5) is 0 Å². The quantitative estimate of drug-likeness (QED) is 0.577. The Balaban J connectivity index is 1.11. The van der Waals surface area contributed by atoms with E-state index in [0.29, 0.717) is 56.7 Å². The van der Waals surface area contributed by atoms with E-state index in [0.717, 1.165) is 35.8 Å². The number of hydrogen-bond donors (Lipinski definition) is 1. The molecule has 3 amide bonds. The molecule has 1 N–H and O–H groups in total. The van der Waals surface area contributed by atoms with Gasteiger partial charge in [0.1, 0.15) is 0 Å². The number of carbonyl (C=O) groups excluding carboxylic acids is 3. The molecule has 6 rings (SSSR count). The van der Waals surface area contributed by atoms with Gasteiger partial charge in [0.25, 0.3) is 5.91 Å². The lowest BCUT2D eigenvalue weighted by molar-refractivity contribution is -0.131. The van der Waals surface area contributed by atoms with Gasteiger partial charge in [-0.2, -0.15) is 0 Å². The molecule has 2 aromatic rings. The minimum atomic E-state index is -0.305. The molecule has 11 heteroatoms. The number of hydrogen-bond acceptors (Lipinski definition) is 6. The van der Waals surface area contributed by atoms with Crippen LogP contribution in [-0.4, -0.2) is 87.4 Å². The lowest BCUT2D eigenvalue weighted by Crippen LogP contribution is -2.62. The molecular formula is C27H33BrN6O4. The number of likely N-dealkylation sites (tertiary alicyclic amines) is 2. The highest BCUT2D eigenvalue weighted by Gasteiger charge is 2.45. The summed E-state index contributed by atoms with van der Waals surface area (Å²) in [6.45, 7) is 4.28. The summed E-state index contributed by atoms with van der Waals surface area (Å²) in [5.41, 5.74) is 1.86. The normalized spacial score (nSPS) is 27.7. The van der Waals surface area contributed by atoms with Crippen LogP contribution in [0.2, 0.25) is 0 Å². The molecule has 0 spiro atoms. The van der Waals surface area contributed by atoms with Crippen LogP contribution in [0.1, 0.15) is 48.3 Å². The number of halogens is 1. The zero-order chi connectivity index (χ0) is 26.4. The Labute approximate surface area is 230 Å². The number of piperidine rings is 1. The molecule has 4 atom stereocenters. The van der Waals surface area contributed by atoms with Gasteiger partial charge in [0.15, 0.2) is 5.69 Å². The summed E-state index contributed by atoms with van der Waals surface area (Å²) >= 11 is 3.44. The van der Waals surface area contributed by atoms with E-state index in [1.54, 1.807) is 4.68 Å². The molecule has 2 unspecified atom stereocenters. The van der Waals surface area contributed by atoms with E-state index in [9.17, 15) is 14.4 Å². The highest BCUT2D eigenvalue weighted by molar-refractivity contribution is 9.10. The van der Waals surface area contributed by atoms with Gasteiger partial charge in [-0.15, -0.1) is 5.10 Å². The van der Waals surface area contributed by atoms with E-state index in [4.69, 9.17) is 4.74 Å². The van der Waals surface area contributed by atoms with Crippen molar-refractivity contribution in [2.45, 2.75) is 51.1 Å². The van der Waals surface area contributed by atoms with Crippen molar-refractivity contribution >= 4 is 33.7 Å². The van der Waals surface area contributed by atoms with Gasteiger partial charge in [0, 0.05) is 54.4 Å². The maximum atomic E-state index is 13.5. The fourth-order valence-corrected chi connectivity index (χ4v) is 6.86. The van der Waals surface area contributed by atoms with Crippen molar-refractivity contribution in [1.82, 2.24) is 30.1 Å². The first-order valence-electron chi connectivity index (χ1n) is 13.5. The number of rotatable bonds is 5. The van der Waals surface area contributed by atoms with E-state index >= 15 is 0 Å². The van der Waals surface area contributed by atoms with Crippen LogP contribution in [0.15, 0.2) is 28.7 Å². The molecular weight excluding hydrogens is 552 g/mol. The van der Waals surface area contributed by atoms with Crippen molar-refractivity contribution in [2.24, 2.45) is 17.8 Å². The van der Waals surface area contributed by atoms with E-state index in [2.05, 4.69) is 31.6 Å². The van der Waals surface area contributed by atoms with Gasteiger partial charge >= 0.3 is 0 Å². The first-order valence-corrected chi connectivity index (χ1v) is 14.3. The van der Waals surface area contributed by atoms with Crippen LogP contribution in [0.25, 0.3) is 5.69 Å². The predicted octanol–water partition coefficient (Wildman–Crippen LogP) is 2.33. The third-order valence-corrected chi connectivity index (χ3v) is 9.18. The maximum Gasteiger partial charge on any atom is 0.276 e. The standard InChI is InChI=1S/C27H33BrN6O4/c1-16-24(30-31-34(16)22-8-6-20(28)7-9-22)27(37)32-11-18-14-38-15-19(12-32)25(18)29-26(36)17-10-23(35)33(13-17)21-4-2-3-5-21/h6-9,17-19,21,25H,2-5,10-15H2,1H3,(H,29,36)/t17?,18-,19+,25?. The van der Waals surface area contributed by atoms with E-state index in [-0.39, 0.29) is 41.5 Å². The lowest BCUT2D eigenvalue weighted by Gasteiger charge is -2.47. The second kappa shape index (κ2) is 10.4. The summed E-state index contributed by atoms with van der Waals surface area (Å²) in [6, 6.07) is 7.91. The van der Waals surface area contributed by atoms with Gasteiger partial charge in [0.2, 0.25) is 11.8 Å². The average Bonchev–Trinajstić information content (AvgIpc) is 3.64. The zero-order valence-corrected chi connectivity index (χ0v) is 23.1. The Hall–Kier alpha value is -2.79. The molecule has 3 saturated heterocycles. The molecule has 1 saturated carbocycles. The van der Waals surface area contributed by atoms with Crippen LogP contribution in [0.5, 0.6) is 0 Å². The molecule has 4 fully saturated rings. The summed E-state index contributed by atoms with van der Waals surface area (Å²) in [5.74, 6) is -0.427. The average molecular weight is 586 g/mol. The van der Waals surface area contributed by atoms with Crippen LogP contribution in [0, 0.1) is 24.7 Å². The van der Waals surface area contributed by atoms with Crippen LogP contribution in [0.3, 0.4) is 0 Å². The Bertz CT molecular complexity index is 1210. The second-order valence-corrected chi connectivity index (χ2v) is 12.0. The summed E-state index contributed by atoms with van der Waals surface area (Å²) < 4.78 is 8.45. The first-order chi connectivity index (χ1) is 18.4. The Kier molecular flexibility index (Phi) is 6.98. The molecule has 202 valence electrons. The van der Waals surface area contributed by atoms with Crippen molar-refractivity contribution in [3.63, 3.8) is 0 Å². The summed E-state index contributed by atoms with van der Waals surface area (Å²) in [7, 11) is 0. The number of amides is 3. The topological polar surface area (TPSA) is 110 Å². The van der Waals surface area contributed by atoms with Gasteiger partial charge in [-0.25, -0.2) is 4.68 Å². The first kappa shape index (κ1) is 25.5. The monoisotopic (exact) mass is 584 g/mol. The molecule has 3 aliphatic heterocycles. The van der Waals surface area contributed by atoms with Gasteiger partial charge < -0.3 is 19.9 Å². The third-order valence-electron chi connectivity index (χ3n) is 8.65. The van der Waals surface area contributed by atoms with E-state index in [1.807, 2.05) is 41.0 Å². The lowest BCUT2D eigenvalue weighted by atomic mass is 9.81. The minimum Gasteiger partial charge on any atom is -0.381 e. The molecule has 2 bridgehead atoms. The SMILES string of the molecule is Cc1c(C(=O)N2C[C@H]3COC[C@@H](C2)C3NC(=O)C2CC(=O)N(C3CCCC3)C2)nnn1-c1ccc(Br)cc1. The molecule has 4 heterocycles. The van der Waals surface area contributed by atoms with Crippen molar-refractivity contribution in [1.29, 1.82) is 0 Å². The van der Waals surface area contributed by atoms with Crippen molar-refractivity contribution < 1.29 is 19.1 Å². The Morgan fingerprint density at radius 1 is 1.05 bits per heavy atom. The van der Waals surface area contributed by atoms with E-state index in [1.165, 1.54) is 0 Å². The number of benzene rings is 1. The number of nitrogens with one attached hydrogen (secondary N) is 1. The van der Waals surface area contributed by atoms with Gasteiger partial charge in [-0.3, -0.25) is 14.4 Å². The largest absolute Gasteiger partial charge is 0.381 e. The van der Waals surface area contributed by atoms with Gasteiger partial charge in [0.05, 0.1) is 30.5 Å². The van der Waals surface area contributed by atoms with Gasteiger partial charge in [-0.05, 0) is 44.0 Å². The molecule has 1 aromatic carbocycles. The number of fused-ring (bicyclic) bond motifs is 2. The molecule has 10 nitrogen and oxygen atoms in total. The summed E-state index contributed by atoms with van der Waals surface area (Å²) in [6.07, 6.45) is 4.70. The smallest absolute Gasteiger partial charge is 0.276 e. The van der Waals surface area contributed by atoms with Crippen LogP contribution in [-0.2, 0) is 14.3 Å². The van der Waals surface area contributed by atoms with Crippen molar-refractivity contribution in [2.75, 3.05) is 32.8 Å². The number of aromatic nitrogens is 3. The fourth-order valence-electron chi connectivity index (χ4n) is 6.60. The third kappa shape index (κ3) is 4.75. The molecule has 4 aliphatic rings. The summed E-state index contributed by atoms with van der Waals surface area (Å²) in [5, 5.41) is 11.7. The molecule has 1 aromatic heterocycles.